The minimum atomic E-state index is -4.37. The second kappa shape index (κ2) is 8.36. The SMILES string of the molecule is C=Nc1c(Nc2ccc(C(F)(F)F)cc2)nc(N2CCN(C)CC2)nc1SC. The first kappa shape index (κ1) is 20.4. The number of rotatable bonds is 5. The average molecular weight is 410 g/mol. The Labute approximate surface area is 165 Å². The maximum absolute atomic E-state index is 12.8. The first-order chi connectivity index (χ1) is 13.3. The first-order valence-electron chi connectivity index (χ1n) is 8.62. The Kier molecular flexibility index (Phi) is 6.09. The van der Waals surface area contributed by atoms with E-state index in [2.05, 4.69) is 43.8 Å². The number of benzene rings is 1. The van der Waals surface area contributed by atoms with Gasteiger partial charge in [0.05, 0.1) is 5.56 Å². The average Bonchev–Trinajstić information content (AvgIpc) is 2.67. The molecule has 1 aliphatic rings. The van der Waals surface area contributed by atoms with Crippen LogP contribution in [0, 0.1) is 0 Å². The second-order valence-corrected chi connectivity index (χ2v) is 7.17. The number of thioether (sulfide) groups is 1. The van der Waals surface area contributed by atoms with E-state index >= 15 is 0 Å². The Bertz CT molecular complexity index is 832. The van der Waals surface area contributed by atoms with Crippen molar-refractivity contribution in [1.29, 1.82) is 0 Å². The van der Waals surface area contributed by atoms with Crippen LogP contribution in [0.15, 0.2) is 34.3 Å². The van der Waals surface area contributed by atoms with Gasteiger partial charge in [-0.05, 0) is 44.3 Å². The first-order valence-corrected chi connectivity index (χ1v) is 9.85. The van der Waals surface area contributed by atoms with Crippen molar-refractivity contribution in [2.75, 3.05) is 49.7 Å². The fourth-order valence-electron chi connectivity index (χ4n) is 2.82. The van der Waals surface area contributed by atoms with Crippen molar-refractivity contribution in [1.82, 2.24) is 14.9 Å². The van der Waals surface area contributed by atoms with Gasteiger partial charge >= 0.3 is 6.18 Å². The standard InChI is InChI=1S/C18H21F3N6S/c1-22-14-15(23-13-6-4-12(5-7-13)18(19,20)21)24-17(25-16(14)28-3)27-10-8-26(2)9-11-27/h4-7H,1,8-11H2,2-3H3,(H,23,24,25). The third-order valence-corrected chi connectivity index (χ3v) is 5.12. The van der Waals surface area contributed by atoms with Gasteiger partial charge in [-0.2, -0.15) is 18.2 Å². The zero-order chi connectivity index (χ0) is 20.3. The van der Waals surface area contributed by atoms with Gasteiger partial charge in [0.15, 0.2) is 5.82 Å². The Hall–Kier alpha value is -2.33. The van der Waals surface area contributed by atoms with Crippen LogP contribution in [0.5, 0.6) is 0 Å². The molecular formula is C18H21F3N6S. The molecule has 1 fully saturated rings. The van der Waals surface area contributed by atoms with Crippen LogP contribution in [0.2, 0.25) is 0 Å². The molecule has 1 saturated heterocycles. The van der Waals surface area contributed by atoms with E-state index in [1.54, 1.807) is 0 Å². The molecule has 1 aromatic heterocycles. The molecule has 2 heterocycles. The molecular weight excluding hydrogens is 389 g/mol. The summed E-state index contributed by atoms with van der Waals surface area (Å²) in [5, 5.41) is 3.72. The van der Waals surface area contributed by atoms with Crippen LogP contribution in [0.4, 0.5) is 36.3 Å². The molecule has 0 amide bonds. The molecule has 1 aliphatic heterocycles. The number of nitrogens with one attached hydrogen (secondary N) is 1. The largest absolute Gasteiger partial charge is 0.416 e. The van der Waals surface area contributed by atoms with Crippen LogP contribution in [0.3, 0.4) is 0 Å². The number of hydrogen-bond acceptors (Lipinski definition) is 7. The molecule has 0 aliphatic carbocycles. The van der Waals surface area contributed by atoms with Gasteiger partial charge < -0.3 is 15.1 Å². The lowest BCUT2D eigenvalue weighted by molar-refractivity contribution is -0.137. The number of hydrogen-bond donors (Lipinski definition) is 1. The molecule has 1 N–H and O–H groups in total. The van der Waals surface area contributed by atoms with Crippen LogP contribution in [-0.4, -0.2) is 61.1 Å². The van der Waals surface area contributed by atoms with Crippen LogP contribution >= 0.6 is 11.8 Å². The zero-order valence-electron chi connectivity index (χ0n) is 15.6. The lowest BCUT2D eigenvalue weighted by atomic mass is 10.2. The lowest BCUT2D eigenvalue weighted by Gasteiger charge is -2.32. The number of aromatic nitrogens is 2. The predicted octanol–water partition coefficient (Wildman–Crippen LogP) is 4.04. The van der Waals surface area contributed by atoms with Gasteiger partial charge in [0.2, 0.25) is 5.95 Å². The minimum Gasteiger partial charge on any atom is -0.338 e. The van der Waals surface area contributed by atoms with Crippen LogP contribution in [-0.2, 0) is 6.18 Å². The van der Waals surface area contributed by atoms with E-state index in [1.807, 2.05) is 6.26 Å². The van der Waals surface area contributed by atoms with Gasteiger partial charge in [-0.25, -0.2) is 4.98 Å². The Morgan fingerprint density at radius 1 is 1.11 bits per heavy atom. The molecule has 150 valence electrons. The van der Waals surface area contributed by atoms with Crippen molar-refractivity contribution >= 4 is 41.6 Å². The number of aliphatic imine (C=N–C) groups is 1. The van der Waals surface area contributed by atoms with Crippen molar-refractivity contribution in [3.05, 3.63) is 29.8 Å². The summed E-state index contributed by atoms with van der Waals surface area (Å²) in [5.74, 6) is 0.988. The van der Waals surface area contributed by atoms with Crippen molar-refractivity contribution < 1.29 is 13.2 Å². The van der Waals surface area contributed by atoms with Gasteiger partial charge in [0, 0.05) is 31.9 Å². The number of likely N-dealkylation sites (N-methyl/N-ethyl adjacent to an activating group) is 1. The highest BCUT2D eigenvalue weighted by Gasteiger charge is 2.30. The fourth-order valence-corrected chi connectivity index (χ4v) is 3.35. The van der Waals surface area contributed by atoms with Crippen molar-refractivity contribution in [3.8, 4) is 0 Å². The molecule has 0 bridgehead atoms. The van der Waals surface area contributed by atoms with E-state index in [9.17, 15) is 13.2 Å². The summed E-state index contributed by atoms with van der Waals surface area (Å²) in [4.78, 5) is 17.5. The van der Waals surface area contributed by atoms with Crippen molar-refractivity contribution in [2.45, 2.75) is 11.2 Å². The molecule has 0 saturated carbocycles. The Morgan fingerprint density at radius 2 is 1.75 bits per heavy atom. The molecule has 28 heavy (non-hydrogen) atoms. The zero-order valence-corrected chi connectivity index (χ0v) is 16.4. The fraction of sp³-hybridized carbons (Fsp3) is 0.389. The molecule has 0 unspecified atom stereocenters. The van der Waals surface area contributed by atoms with Crippen LogP contribution in [0.25, 0.3) is 0 Å². The number of anilines is 3. The summed E-state index contributed by atoms with van der Waals surface area (Å²) in [6.45, 7) is 6.99. The van der Waals surface area contributed by atoms with Gasteiger partial charge in [-0.1, -0.05) is 0 Å². The maximum Gasteiger partial charge on any atom is 0.416 e. The number of piperazine rings is 1. The quantitative estimate of drug-likeness (QED) is 0.456. The summed E-state index contributed by atoms with van der Waals surface area (Å²) in [7, 11) is 2.06. The van der Waals surface area contributed by atoms with Crippen molar-refractivity contribution in [2.24, 2.45) is 4.99 Å². The summed E-state index contributed by atoms with van der Waals surface area (Å²) in [6.07, 6.45) is -2.49. The van der Waals surface area contributed by atoms with Crippen molar-refractivity contribution in [3.63, 3.8) is 0 Å². The Morgan fingerprint density at radius 3 is 2.29 bits per heavy atom. The molecule has 0 spiro atoms. The van der Waals surface area contributed by atoms with E-state index in [-0.39, 0.29) is 0 Å². The molecule has 2 aromatic rings. The summed E-state index contributed by atoms with van der Waals surface area (Å²) in [5.41, 5.74) is 0.254. The Balaban J connectivity index is 1.92. The molecule has 3 rings (SSSR count). The second-order valence-electron chi connectivity index (χ2n) is 6.38. The molecule has 0 radical (unpaired) electrons. The van der Waals surface area contributed by atoms with Gasteiger partial charge in [0.1, 0.15) is 10.7 Å². The summed E-state index contributed by atoms with van der Waals surface area (Å²) < 4.78 is 38.3. The molecule has 1 aromatic carbocycles. The molecule has 0 atom stereocenters. The van der Waals surface area contributed by atoms with E-state index in [0.29, 0.717) is 28.2 Å². The molecule has 10 heteroatoms. The highest BCUT2D eigenvalue weighted by Crippen LogP contribution is 2.36. The minimum absolute atomic E-state index is 0.419. The van der Waals surface area contributed by atoms with E-state index in [4.69, 9.17) is 0 Å². The van der Waals surface area contributed by atoms with E-state index < -0.39 is 11.7 Å². The maximum atomic E-state index is 12.8. The lowest BCUT2D eigenvalue weighted by Crippen LogP contribution is -2.45. The number of alkyl halides is 3. The van der Waals surface area contributed by atoms with Gasteiger partial charge in [-0.15, -0.1) is 11.8 Å². The smallest absolute Gasteiger partial charge is 0.338 e. The van der Waals surface area contributed by atoms with Gasteiger partial charge in [-0.3, -0.25) is 4.99 Å². The normalized spacial score (nSPS) is 15.5. The highest BCUT2D eigenvalue weighted by atomic mass is 32.2. The van der Waals surface area contributed by atoms with Gasteiger partial charge in [0.25, 0.3) is 0 Å². The number of nitrogens with zero attached hydrogens (tertiary/aromatic N) is 5. The monoisotopic (exact) mass is 410 g/mol. The molecule has 6 nitrogen and oxygen atoms in total. The predicted molar refractivity (Wildman–Crippen MR) is 107 cm³/mol. The summed E-state index contributed by atoms with van der Waals surface area (Å²) >= 11 is 1.42. The third kappa shape index (κ3) is 4.56. The third-order valence-electron chi connectivity index (χ3n) is 4.45. The summed E-state index contributed by atoms with van der Waals surface area (Å²) in [6, 6.07) is 4.79. The highest BCUT2D eigenvalue weighted by molar-refractivity contribution is 7.98. The number of halogens is 3. The van der Waals surface area contributed by atoms with E-state index in [1.165, 1.54) is 23.9 Å². The topological polar surface area (TPSA) is 56.7 Å². The van der Waals surface area contributed by atoms with E-state index in [0.717, 1.165) is 38.3 Å². The van der Waals surface area contributed by atoms with Crippen LogP contribution < -0.4 is 10.2 Å². The van der Waals surface area contributed by atoms with Crippen LogP contribution in [0.1, 0.15) is 5.56 Å².